The smallest absolute Gasteiger partial charge is 0.160 e. The third kappa shape index (κ3) is 2.63. The third-order valence-electron chi connectivity index (χ3n) is 4.88. The second kappa shape index (κ2) is 5.62. The van der Waals surface area contributed by atoms with Gasteiger partial charge in [0.25, 0.3) is 0 Å². The number of ether oxygens (including phenoxy) is 1. The first-order valence-electron chi connectivity index (χ1n) is 7.47. The lowest BCUT2D eigenvalue weighted by molar-refractivity contribution is 0.214. The maximum absolute atomic E-state index is 9.87. The number of hydrogen-bond donors (Lipinski definition) is 1. The number of hydrogen-bond acceptors (Lipinski definition) is 4. The van der Waals surface area contributed by atoms with Gasteiger partial charge in [0.15, 0.2) is 11.5 Å². The second-order valence-electron chi connectivity index (χ2n) is 6.08. The number of likely N-dealkylation sites (N-methyl/N-ethyl adjacent to an activating group) is 1. The Morgan fingerprint density at radius 1 is 1.25 bits per heavy atom. The Balaban J connectivity index is 1.67. The minimum Gasteiger partial charge on any atom is -0.504 e. The van der Waals surface area contributed by atoms with Crippen LogP contribution in [0.4, 0.5) is 0 Å². The average Bonchev–Trinajstić information content (AvgIpc) is 2.67. The molecule has 0 spiro atoms. The van der Waals surface area contributed by atoms with Crippen molar-refractivity contribution < 1.29 is 9.84 Å². The lowest BCUT2D eigenvalue weighted by Gasteiger charge is -2.25. The van der Waals surface area contributed by atoms with Crippen LogP contribution in [0.5, 0.6) is 11.5 Å². The largest absolute Gasteiger partial charge is 0.504 e. The van der Waals surface area contributed by atoms with Gasteiger partial charge in [0, 0.05) is 31.7 Å². The summed E-state index contributed by atoms with van der Waals surface area (Å²) in [5, 5.41) is 9.87. The van der Waals surface area contributed by atoms with Gasteiger partial charge < -0.3 is 9.84 Å². The fourth-order valence-corrected chi connectivity index (χ4v) is 3.61. The van der Waals surface area contributed by atoms with Crippen molar-refractivity contribution in [1.29, 1.82) is 0 Å². The Labute approximate surface area is 120 Å². The van der Waals surface area contributed by atoms with Crippen molar-refractivity contribution in [2.45, 2.75) is 37.9 Å². The summed E-state index contributed by atoms with van der Waals surface area (Å²) in [5.74, 6) is 0.780. The van der Waals surface area contributed by atoms with Gasteiger partial charge in [0.05, 0.1) is 7.11 Å². The Morgan fingerprint density at radius 2 is 2.05 bits per heavy atom. The quantitative estimate of drug-likeness (QED) is 0.917. The van der Waals surface area contributed by atoms with Crippen LogP contribution in [0.3, 0.4) is 0 Å². The first kappa shape index (κ1) is 13.7. The van der Waals surface area contributed by atoms with Gasteiger partial charge in [0.2, 0.25) is 0 Å². The van der Waals surface area contributed by atoms with Crippen LogP contribution in [-0.4, -0.2) is 54.2 Å². The van der Waals surface area contributed by atoms with E-state index in [0.29, 0.717) is 11.8 Å². The van der Waals surface area contributed by atoms with Gasteiger partial charge in [-0.3, -0.25) is 9.80 Å². The van der Waals surface area contributed by atoms with E-state index < -0.39 is 0 Å². The molecular formula is C16H24N2O2. The monoisotopic (exact) mass is 276 g/mol. The van der Waals surface area contributed by atoms with Gasteiger partial charge in [0.1, 0.15) is 0 Å². The number of rotatable bonds is 3. The summed E-state index contributed by atoms with van der Waals surface area (Å²) in [7, 11) is 3.85. The number of nitrogens with zero attached hydrogens (tertiary/aromatic N) is 2. The average molecular weight is 276 g/mol. The van der Waals surface area contributed by atoms with Gasteiger partial charge in [-0.15, -0.1) is 0 Å². The first-order valence-corrected chi connectivity index (χ1v) is 7.47. The molecule has 4 nitrogen and oxygen atoms in total. The van der Waals surface area contributed by atoms with Crippen LogP contribution >= 0.6 is 0 Å². The van der Waals surface area contributed by atoms with Crippen molar-refractivity contribution in [3.05, 3.63) is 23.8 Å². The molecule has 110 valence electrons. The summed E-state index contributed by atoms with van der Waals surface area (Å²) in [6, 6.07) is 7.20. The Morgan fingerprint density at radius 3 is 2.80 bits per heavy atom. The molecule has 0 amide bonds. The molecule has 2 aliphatic heterocycles. The van der Waals surface area contributed by atoms with E-state index in [2.05, 4.69) is 16.8 Å². The van der Waals surface area contributed by atoms with Gasteiger partial charge in [-0.25, -0.2) is 0 Å². The molecule has 2 aliphatic rings. The molecular weight excluding hydrogens is 252 g/mol. The molecule has 2 bridgehead atoms. The molecule has 2 heterocycles. The minimum absolute atomic E-state index is 0.235. The molecule has 2 atom stereocenters. The minimum atomic E-state index is 0.235. The number of methoxy groups -OCH3 is 1. The zero-order valence-electron chi connectivity index (χ0n) is 12.4. The molecule has 2 fully saturated rings. The van der Waals surface area contributed by atoms with Gasteiger partial charge in [-0.2, -0.15) is 0 Å². The highest BCUT2D eigenvalue weighted by molar-refractivity contribution is 5.41. The zero-order chi connectivity index (χ0) is 14.1. The molecule has 2 unspecified atom stereocenters. The molecule has 0 aliphatic carbocycles. The lowest BCUT2D eigenvalue weighted by atomic mass is 10.1. The van der Waals surface area contributed by atoms with Gasteiger partial charge in [-0.05, 0) is 44.0 Å². The van der Waals surface area contributed by atoms with E-state index in [1.807, 2.05) is 18.2 Å². The van der Waals surface area contributed by atoms with Crippen LogP contribution in [0.1, 0.15) is 24.8 Å². The van der Waals surface area contributed by atoms with Crippen LogP contribution in [-0.2, 0) is 6.54 Å². The maximum Gasteiger partial charge on any atom is 0.160 e. The Bertz CT molecular complexity index is 478. The summed E-state index contributed by atoms with van der Waals surface area (Å²) >= 11 is 0. The van der Waals surface area contributed by atoms with Crippen LogP contribution in [0.2, 0.25) is 0 Å². The van der Waals surface area contributed by atoms with Crippen molar-refractivity contribution in [3.63, 3.8) is 0 Å². The third-order valence-corrected chi connectivity index (χ3v) is 4.88. The van der Waals surface area contributed by atoms with Crippen LogP contribution in [0.25, 0.3) is 0 Å². The van der Waals surface area contributed by atoms with E-state index in [1.165, 1.54) is 19.3 Å². The first-order chi connectivity index (χ1) is 9.67. The molecule has 3 rings (SSSR count). The SMILES string of the molecule is COc1ccc(CN2CCC3CCC(C2)N3C)cc1O. The summed E-state index contributed by atoms with van der Waals surface area (Å²) in [6.07, 6.45) is 3.94. The molecule has 1 N–H and O–H groups in total. The molecule has 1 aromatic rings. The fourth-order valence-electron chi connectivity index (χ4n) is 3.61. The Hall–Kier alpha value is -1.26. The summed E-state index contributed by atoms with van der Waals surface area (Å²) in [5.41, 5.74) is 1.16. The predicted molar refractivity (Wildman–Crippen MR) is 79.1 cm³/mol. The molecule has 2 saturated heterocycles. The highest BCUT2D eigenvalue weighted by Crippen LogP contribution is 2.30. The molecule has 0 aromatic heterocycles. The van der Waals surface area contributed by atoms with Crippen LogP contribution < -0.4 is 4.74 Å². The highest BCUT2D eigenvalue weighted by atomic mass is 16.5. The van der Waals surface area contributed by atoms with Crippen molar-refractivity contribution >= 4 is 0 Å². The number of phenols is 1. The number of phenolic OH excluding ortho intramolecular Hbond substituents is 1. The van der Waals surface area contributed by atoms with Crippen molar-refractivity contribution in [2.75, 3.05) is 27.2 Å². The van der Waals surface area contributed by atoms with E-state index in [1.54, 1.807) is 7.11 Å². The molecule has 0 radical (unpaired) electrons. The summed E-state index contributed by atoms with van der Waals surface area (Å²) < 4.78 is 5.09. The van der Waals surface area contributed by atoms with Crippen molar-refractivity contribution in [2.24, 2.45) is 0 Å². The number of benzene rings is 1. The van der Waals surface area contributed by atoms with Crippen molar-refractivity contribution in [3.8, 4) is 11.5 Å². The van der Waals surface area contributed by atoms with Gasteiger partial charge >= 0.3 is 0 Å². The normalized spacial score (nSPS) is 27.5. The highest BCUT2D eigenvalue weighted by Gasteiger charge is 2.34. The van der Waals surface area contributed by atoms with E-state index in [0.717, 1.165) is 31.2 Å². The van der Waals surface area contributed by atoms with E-state index in [4.69, 9.17) is 4.74 Å². The molecule has 20 heavy (non-hydrogen) atoms. The molecule has 1 aromatic carbocycles. The van der Waals surface area contributed by atoms with E-state index in [9.17, 15) is 5.11 Å². The Kier molecular flexibility index (Phi) is 3.85. The zero-order valence-corrected chi connectivity index (χ0v) is 12.4. The fraction of sp³-hybridized carbons (Fsp3) is 0.625. The molecule has 0 saturated carbocycles. The maximum atomic E-state index is 9.87. The summed E-state index contributed by atoms with van der Waals surface area (Å²) in [4.78, 5) is 5.08. The predicted octanol–water partition coefficient (Wildman–Crippen LogP) is 2.07. The number of aromatic hydroxyl groups is 1. The van der Waals surface area contributed by atoms with Crippen molar-refractivity contribution in [1.82, 2.24) is 9.80 Å². The standard InChI is InChI=1S/C16H24N2O2/c1-17-13-4-5-14(17)11-18(8-7-13)10-12-3-6-16(20-2)15(19)9-12/h3,6,9,13-14,19H,4-5,7-8,10-11H2,1-2H3. The van der Waals surface area contributed by atoms with E-state index >= 15 is 0 Å². The number of likely N-dealkylation sites (tertiary alicyclic amines) is 1. The van der Waals surface area contributed by atoms with Crippen LogP contribution in [0.15, 0.2) is 18.2 Å². The second-order valence-corrected chi connectivity index (χ2v) is 6.08. The van der Waals surface area contributed by atoms with E-state index in [-0.39, 0.29) is 5.75 Å². The van der Waals surface area contributed by atoms with Crippen LogP contribution in [0, 0.1) is 0 Å². The number of fused-ring (bicyclic) bond motifs is 2. The summed E-state index contributed by atoms with van der Waals surface area (Å²) in [6.45, 7) is 3.20. The molecule has 4 heteroatoms. The van der Waals surface area contributed by atoms with Gasteiger partial charge in [-0.1, -0.05) is 6.07 Å². The topological polar surface area (TPSA) is 35.9 Å². The lowest BCUT2D eigenvalue weighted by Crippen LogP contribution is -2.36.